The minimum absolute atomic E-state index is 0.218. The molecule has 0 aliphatic carbocycles. The van der Waals surface area contributed by atoms with Crippen molar-refractivity contribution in [1.82, 2.24) is 0 Å². The van der Waals surface area contributed by atoms with E-state index in [1.165, 1.54) is 38.5 Å². The van der Waals surface area contributed by atoms with Crippen LogP contribution in [0.15, 0.2) is 54.9 Å². The Labute approximate surface area is 169 Å². The van der Waals surface area contributed by atoms with Crippen LogP contribution < -0.4 is 14.0 Å². The lowest BCUT2D eigenvalue weighted by atomic mass is 10.0. The molecule has 0 saturated carbocycles. The number of hydrogen-bond acceptors (Lipinski definition) is 3. The number of hydrogen-bond donors (Lipinski definition) is 0. The van der Waals surface area contributed by atoms with Gasteiger partial charge in [-0.25, -0.2) is 4.79 Å². The third kappa shape index (κ3) is 7.71. The smallest absolute Gasteiger partial charge is 0.381 e. The van der Waals surface area contributed by atoms with Crippen molar-refractivity contribution in [3.05, 3.63) is 54.9 Å². The zero-order valence-corrected chi connectivity index (χ0v) is 17.3. The molecule has 0 amide bonds. The highest BCUT2D eigenvalue weighted by Gasteiger charge is 2.29. The van der Waals surface area contributed by atoms with Gasteiger partial charge in [-0.2, -0.15) is 4.57 Å². The summed E-state index contributed by atoms with van der Waals surface area (Å²) in [5.74, 6) is 1.07. The molecule has 0 aliphatic rings. The highest BCUT2D eigenvalue weighted by molar-refractivity contribution is 5.75. The second-order valence-electron chi connectivity index (χ2n) is 7.20. The normalized spacial score (nSPS) is 11.8. The molecular formula is C24H34NO3+. The molecule has 0 spiro atoms. The van der Waals surface area contributed by atoms with E-state index >= 15 is 0 Å². The topological polar surface area (TPSA) is 39.4 Å². The van der Waals surface area contributed by atoms with E-state index < -0.39 is 0 Å². The number of benzene rings is 1. The number of esters is 1. The Kier molecular flexibility index (Phi) is 10.1. The van der Waals surface area contributed by atoms with Crippen LogP contribution in [-0.2, 0) is 4.79 Å². The summed E-state index contributed by atoms with van der Waals surface area (Å²) in [5.41, 5.74) is 0. The molecule has 0 fully saturated rings. The first-order valence-corrected chi connectivity index (χ1v) is 10.6. The van der Waals surface area contributed by atoms with Crippen molar-refractivity contribution in [1.29, 1.82) is 0 Å². The van der Waals surface area contributed by atoms with Gasteiger partial charge >= 0.3 is 5.97 Å². The Hall–Kier alpha value is -2.36. The zero-order chi connectivity index (χ0) is 20.0. The van der Waals surface area contributed by atoms with E-state index in [0.717, 1.165) is 25.0 Å². The fourth-order valence-electron chi connectivity index (χ4n) is 3.31. The highest BCUT2D eigenvalue weighted by Crippen LogP contribution is 2.20. The molecule has 28 heavy (non-hydrogen) atoms. The molecule has 4 heteroatoms. The van der Waals surface area contributed by atoms with Crippen molar-refractivity contribution in [3.8, 4) is 11.5 Å². The molecule has 1 aromatic heterocycles. The van der Waals surface area contributed by atoms with Crippen molar-refractivity contribution in [2.45, 2.75) is 70.8 Å². The van der Waals surface area contributed by atoms with E-state index in [1.807, 2.05) is 35.2 Å². The van der Waals surface area contributed by atoms with Gasteiger partial charge in [0.1, 0.15) is 11.5 Å². The average molecular weight is 385 g/mol. The lowest BCUT2D eigenvalue weighted by Gasteiger charge is -2.12. The van der Waals surface area contributed by atoms with Crippen LogP contribution in [0.5, 0.6) is 11.5 Å². The van der Waals surface area contributed by atoms with Crippen LogP contribution in [-0.4, -0.2) is 13.1 Å². The Balaban J connectivity index is 1.87. The van der Waals surface area contributed by atoms with E-state index in [-0.39, 0.29) is 12.0 Å². The third-order valence-corrected chi connectivity index (χ3v) is 4.98. The lowest BCUT2D eigenvalue weighted by molar-refractivity contribution is -0.711. The van der Waals surface area contributed by atoms with Crippen LogP contribution >= 0.6 is 0 Å². The number of aromatic nitrogens is 1. The molecule has 0 N–H and O–H groups in total. The van der Waals surface area contributed by atoms with E-state index in [2.05, 4.69) is 6.92 Å². The minimum atomic E-state index is -0.302. The van der Waals surface area contributed by atoms with Crippen molar-refractivity contribution in [2.75, 3.05) is 7.11 Å². The van der Waals surface area contributed by atoms with Gasteiger partial charge in [-0.15, -0.1) is 0 Å². The summed E-state index contributed by atoms with van der Waals surface area (Å²) >= 11 is 0. The van der Waals surface area contributed by atoms with E-state index in [9.17, 15) is 4.79 Å². The quantitative estimate of drug-likeness (QED) is 0.194. The van der Waals surface area contributed by atoms with Gasteiger partial charge in [0.15, 0.2) is 12.4 Å². The molecule has 0 bridgehead atoms. The number of ether oxygens (including phenoxy) is 2. The van der Waals surface area contributed by atoms with Crippen LogP contribution in [0.2, 0.25) is 0 Å². The van der Waals surface area contributed by atoms with Crippen LogP contribution in [0.4, 0.5) is 0 Å². The summed E-state index contributed by atoms with van der Waals surface area (Å²) in [7, 11) is 1.62. The summed E-state index contributed by atoms with van der Waals surface area (Å²) < 4.78 is 12.7. The third-order valence-electron chi connectivity index (χ3n) is 4.98. The largest absolute Gasteiger partial charge is 0.497 e. The highest BCUT2D eigenvalue weighted by atomic mass is 16.5. The Morgan fingerprint density at radius 3 is 2.04 bits per heavy atom. The second kappa shape index (κ2) is 12.9. The minimum Gasteiger partial charge on any atom is -0.497 e. The lowest BCUT2D eigenvalue weighted by Crippen LogP contribution is -2.45. The molecule has 0 radical (unpaired) electrons. The van der Waals surface area contributed by atoms with Gasteiger partial charge in [-0.3, -0.25) is 0 Å². The predicted molar refractivity (Wildman–Crippen MR) is 112 cm³/mol. The number of pyridine rings is 1. The van der Waals surface area contributed by atoms with Gasteiger partial charge in [0, 0.05) is 18.6 Å². The number of carbonyl (C=O) groups excluding carboxylic acids is 1. The molecule has 1 unspecified atom stereocenters. The summed E-state index contributed by atoms with van der Waals surface area (Å²) in [6.45, 7) is 2.24. The molecule has 0 aliphatic heterocycles. The first-order chi connectivity index (χ1) is 13.7. The van der Waals surface area contributed by atoms with Gasteiger partial charge in [-0.05, 0) is 30.7 Å². The van der Waals surface area contributed by atoms with E-state index in [4.69, 9.17) is 9.47 Å². The molecule has 1 heterocycles. The van der Waals surface area contributed by atoms with Crippen LogP contribution in [0.3, 0.4) is 0 Å². The molecular weight excluding hydrogens is 350 g/mol. The number of rotatable bonds is 13. The number of nitrogens with zero attached hydrogens (tertiary/aromatic N) is 1. The fraction of sp³-hybridized carbons (Fsp3) is 0.500. The molecule has 1 aromatic carbocycles. The van der Waals surface area contributed by atoms with Crippen LogP contribution in [0, 0.1) is 0 Å². The van der Waals surface area contributed by atoms with Crippen LogP contribution in [0.25, 0.3) is 0 Å². The van der Waals surface area contributed by atoms with Gasteiger partial charge in [-0.1, -0.05) is 57.9 Å². The summed E-state index contributed by atoms with van der Waals surface area (Å²) in [4.78, 5) is 12.8. The Morgan fingerprint density at radius 2 is 1.43 bits per heavy atom. The maximum atomic E-state index is 12.8. The van der Waals surface area contributed by atoms with Gasteiger partial charge in [0.25, 0.3) is 6.04 Å². The molecule has 2 aromatic rings. The molecule has 152 valence electrons. The summed E-state index contributed by atoms with van der Waals surface area (Å²) in [6.07, 6.45) is 14.7. The molecule has 0 saturated heterocycles. The SMILES string of the molecule is CCCCCCCCCCC(C(=O)Oc1ccc(OC)cc1)[n+]1ccccc1. The van der Waals surface area contributed by atoms with Crippen molar-refractivity contribution >= 4 is 5.97 Å². The molecule has 2 rings (SSSR count). The standard InChI is InChI=1S/C24H34NO3/c1-3-4-5-6-7-8-9-11-14-23(25-19-12-10-13-20-25)24(26)28-22-17-15-21(27-2)16-18-22/h10,12-13,15-20,23H,3-9,11,14H2,1-2H3/q+1. The van der Waals surface area contributed by atoms with E-state index in [0.29, 0.717) is 5.75 Å². The zero-order valence-electron chi connectivity index (χ0n) is 17.3. The number of unbranched alkanes of at least 4 members (excludes halogenated alkanes) is 7. The van der Waals surface area contributed by atoms with Gasteiger partial charge in [0.2, 0.25) is 0 Å². The maximum absolute atomic E-state index is 12.8. The second-order valence-corrected chi connectivity index (χ2v) is 7.20. The monoisotopic (exact) mass is 384 g/mol. The van der Waals surface area contributed by atoms with Gasteiger partial charge in [0.05, 0.1) is 7.11 Å². The first kappa shape index (κ1) is 21.9. The van der Waals surface area contributed by atoms with Crippen LogP contribution in [0.1, 0.15) is 70.8 Å². The summed E-state index contributed by atoms with van der Waals surface area (Å²) in [6, 6.07) is 12.7. The Morgan fingerprint density at radius 1 is 0.857 bits per heavy atom. The first-order valence-electron chi connectivity index (χ1n) is 10.6. The predicted octanol–water partition coefficient (Wildman–Crippen LogP) is 5.66. The number of methoxy groups -OCH3 is 1. The van der Waals surface area contributed by atoms with Crippen molar-refractivity contribution < 1.29 is 18.8 Å². The molecule has 4 nitrogen and oxygen atoms in total. The van der Waals surface area contributed by atoms with Crippen molar-refractivity contribution in [2.24, 2.45) is 0 Å². The van der Waals surface area contributed by atoms with Crippen molar-refractivity contribution in [3.63, 3.8) is 0 Å². The molecule has 1 atom stereocenters. The number of carbonyl (C=O) groups is 1. The average Bonchev–Trinajstić information content (AvgIpc) is 2.74. The Bertz CT molecular complexity index is 670. The fourth-order valence-corrected chi connectivity index (χ4v) is 3.31. The van der Waals surface area contributed by atoms with Gasteiger partial charge < -0.3 is 9.47 Å². The van der Waals surface area contributed by atoms with E-state index in [1.54, 1.807) is 31.4 Å². The maximum Gasteiger partial charge on any atom is 0.381 e. The summed E-state index contributed by atoms with van der Waals surface area (Å²) in [5, 5.41) is 0.